The predicted molar refractivity (Wildman–Crippen MR) is 143 cm³/mol. The normalized spacial score (nSPS) is 21.7. The van der Waals surface area contributed by atoms with Gasteiger partial charge in [-0.1, -0.05) is 62.8 Å². The molecule has 1 aromatic rings. The summed E-state index contributed by atoms with van der Waals surface area (Å²) in [5, 5.41) is 18.2. The van der Waals surface area contributed by atoms with Crippen molar-refractivity contribution < 1.29 is 50.9 Å². The number of nitrogens with one attached hydrogen (secondary N) is 1. The highest BCUT2D eigenvalue weighted by Gasteiger charge is 2.54. The molecule has 236 valence electrons. The Labute approximate surface area is 241 Å². The van der Waals surface area contributed by atoms with Crippen LogP contribution in [0.4, 0.5) is 26.3 Å². The van der Waals surface area contributed by atoms with E-state index in [1.54, 1.807) is 5.57 Å². The molecule has 7 nitrogen and oxygen atoms in total. The Morgan fingerprint density at radius 1 is 1.00 bits per heavy atom. The van der Waals surface area contributed by atoms with Gasteiger partial charge in [-0.05, 0) is 48.5 Å². The number of aliphatic carboxylic acids is 2. The van der Waals surface area contributed by atoms with E-state index in [4.69, 9.17) is 19.8 Å². The number of carboxylic acid groups (broad SMARTS) is 2. The van der Waals surface area contributed by atoms with Gasteiger partial charge in [-0.3, -0.25) is 9.69 Å². The molecule has 0 bridgehead atoms. The van der Waals surface area contributed by atoms with Gasteiger partial charge in [0.1, 0.15) is 5.78 Å². The van der Waals surface area contributed by atoms with Crippen LogP contribution in [0.5, 0.6) is 0 Å². The summed E-state index contributed by atoms with van der Waals surface area (Å²) in [6, 6.07) is 12.1. The Bertz CT molecular complexity index is 1070. The summed E-state index contributed by atoms with van der Waals surface area (Å²) in [7, 11) is 0. The van der Waals surface area contributed by atoms with E-state index in [-0.39, 0.29) is 0 Å². The molecule has 3 fully saturated rings. The van der Waals surface area contributed by atoms with Gasteiger partial charge < -0.3 is 15.5 Å². The first-order chi connectivity index (χ1) is 19.3. The number of likely N-dealkylation sites (tertiary alicyclic amines) is 1. The second-order valence-electron chi connectivity index (χ2n) is 11.6. The number of nitrogens with zero attached hydrogens (tertiary/aromatic N) is 1. The van der Waals surface area contributed by atoms with Gasteiger partial charge in [0.2, 0.25) is 0 Å². The zero-order valence-electron chi connectivity index (χ0n) is 23.8. The topological polar surface area (TPSA) is 107 Å². The van der Waals surface area contributed by atoms with Crippen molar-refractivity contribution in [2.75, 3.05) is 19.6 Å². The van der Waals surface area contributed by atoms with Crippen LogP contribution in [-0.2, 0) is 14.4 Å². The Morgan fingerprint density at radius 3 is 1.93 bits per heavy atom. The molecule has 1 aromatic carbocycles. The summed E-state index contributed by atoms with van der Waals surface area (Å²) >= 11 is 0. The molecule has 0 aromatic heterocycles. The number of hydrogen-bond donors (Lipinski definition) is 3. The summed E-state index contributed by atoms with van der Waals surface area (Å²) < 4.78 is 63.5. The second-order valence-corrected chi connectivity index (χ2v) is 11.6. The standard InChI is InChI=1S/C25H36N2O.2C2HF3O2/c1-4-20(11-19-8-6-5-7-9-19)23-12-24(23)26-21-13-25(14-21)16-27(17-25)15-22(28)10-18(2)3;2*3-2(4,5)1(6)7/h5-9,11,18,21,23-24,26H,4,10,12-17H2,1-3H3;2*(H,6,7)/b20-11+;;/t23-,24+;;/m0../s1. The monoisotopic (exact) mass is 608 g/mol. The molecule has 2 aliphatic carbocycles. The Balaban J connectivity index is 0.000000367. The smallest absolute Gasteiger partial charge is 0.475 e. The Morgan fingerprint density at radius 2 is 1.50 bits per heavy atom. The maximum absolute atomic E-state index is 12.0. The minimum Gasteiger partial charge on any atom is -0.475 e. The second kappa shape index (κ2) is 14.5. The number of alkyl halides is 6. The highest BCUT2D eigenvalue weighted by Crippen LogP contribution is 2.50. The van der Waals surface area contributed by atoms with Crippen LogP contribution >= 0.6 is 0 Å². The number of benzene rings is 1. The van der Waals surface area contributed by atoms with Crippen molar-refractivity contribution in [1.29, 1.82) is 0 Å². The van der Waals surface area contributed by atoms with Crippen LogP contribution in [0, 0.1) is 17.3 Å². The first-order valence-electron chi connectivity index (χ1n) is 13.7. The fraction of sp³-hybridized carbons (Fsp3) is 0.621. The summed E-state index contributed by atoms with van der Waals surface area (Å²) in [5.41, 5.74) is 3.44. The van der Waals surface area contributed by atoms with Crippen LogP contribution < -0.4 is 5.32 Å². The lowest BCUT2D eigenvalue weighted by atomic mass is 9.60. The van der Waals surface area contributed by atoms with Crippen LogP contribution in [0.15, 0.2) is 35.9 Å². The molecule has 2 saturated carbocycles. The van der Waals surface area contributed by atoms with Crippen molar-refractivity contribution in [2.24, 2.45) is 17.3 Å². The highest BCUT2D eigenvalue weighted by molar-refractivity contribution is 5.80. The lowest BCUT2D eigenvalue weighted by Crippen LogP contribution is -2.66. The number of carboxylic acids is 2. The van der Waals surface area contributed by atoms with Crippen LogP contribution in [0.3, 0.4) is 0 Å². The molecule has 3 N–H and O–H groups in total. The molecular formula is C29H38F6N2O5. The van der Waals surface area contributed by atoms with Crippen molar-refractivity contribution >= 4 is 23.8 Å². The maximum Gasteiger partial charge on any atom is 0.490 e. The largest absolute Gasteiger partial charge is 0.490 e. The van der Waals surface area contributed by atoms with Crippen LogP contribution in [0.1, 0.15) is 58.4 Å². The number of ketones is 1. The lowest BCUT2D eigenvalue weighted by molar-refractivity contribution is -0.193. The molecule has 1 aliphatic heterocycles. The van der Waals surface area contributed by atoms with Crippen LogP contribution in [0.2, 0.25) is 0 Å². The molecule has 0 amide bonds. The average molecular weight is 609 g/mol. The van der Waals surface area contributed by atoms with Gasteiger partial charge in [0.05, 0.1) is 6.54 Å². The van der Waals surface area contributed by atoms with E-state index in [0.717, 1.165) is 31.8 Å². The zero-order chi connectivity index (χ0) is 31.9. The quantitative estimate of drug-likeness (QED) is 0.304. The van der Waals surface area contributed by atoms with E-state index in [1.165, 1.54) is 24.8 Å². The third-order valence-electron chi connectivity index (χ3n) is 7.27. The first-order valence-corrected chi connectivity index (χ1v) is 13.7. The summed E-state index contributed by atoms with van der Waals surface area (Å²) in [6.45, 7) is 9.48. The Hall–Kier alpha value is -2.93. The molecule has 2 atom stereocenters. The zero-order valence-corrected chi connectivity index (χ0v) is 23.8. The van der Waals surface area contributed by atoms with Gasteiger partial charge in [0.15, 0.2) is 0 Å². The third-order valence-corrected chi connectivity index (χ3v) is 7.27. The fourth-order valence-corrected chi connectivity index (χ4v) is 5.47. The average Bonchev–Trinajstić information content (AvgIpc) is 3.58. The van der Waals surface area contributed by atoms with Crippen molar-refractivity contribution in [3.8, 4) is 0 Å². The Kier molecular flexibility index (Phi) is 12.2. The maximum atomic E-state index is 12.0. The molecule has 42 heavy (non-hydrogen) atoms. The number of hydrogen-bond acceptors (Lipinski definition) is 5. The molecule has 1 saturated heterocycles. The van der Waals surface area contributed by atoms with E-state index in [2.05, 4.69) is 67.4 Å². The van der Waals surface area contributed by atoms with Crippen LogP contribution in [0.25, 0.3) is 6.08 Å². The molecule has 4 rings (SSSR count). The van der Waals surface area contributed by atoms with E-state index in [9.17, 15) is 31.1 Å². The molecule has 13 heteroatoms. The minimum absolute atomic E-state index is 0.414. The fourth-order valence-electron chi connectivity index (χ4n) is 5.47. The number of halogens is 6. The van der Waals surface area contributed by atoms with Crippen molar-refractivity contribution in [3.63, 3.8) is 0 Å². The van der Waals surface area contributed by atoms with Crippen molar-refractivity contribution in [1.82, 2.24) is 10.2 Å². The van der Waals surface area contributed by atoms with Gasteiger partial charge in [-0.2, -0.15) is 26.3 Å². The van der Waals surface area contributed by atoms with Crippen molar-refractivity contribution in [3.05, 3.63) is 41.5 Å². The van der Waals surface area contributed by atoms with Gasteiger partial charge in [0, 0.05) is 31.6 Å². The SMILES string of the molecule is CC/C(=C\c1ccccc1)[C@@H]1C[C@H]1NC1CC2(C1)CN(CC(=O)CC(C)C)C2.O=C(O)C(F)(F)F.O=C(O)C(F)(F)F. The molecule has 3 aliphatic rings. The van der Waals surface area contributed by atoms with Crippen molar-refractivity contribution in [2.45, 2.75) is 77.3 Å². The molecule has 1 spiro atoms. The van der Waals surface area contributed by atoms with E-state index < -0.39 is 24.3 Å². The number of rotatable bonds is 9. The molecule has 0 unspecified atom stereocenters. The predicted octanol–water partition coefficient (Wildman–Crippen LogP) is 5.80. The van der Waals surface area contributed by atoms with Gasteiger partial charge in [-0.25, -0.2) is 9.59 Å². The van der Waals surface area contributed by atoms with Gasteiger partial charge in [0.25, 0.3) is 0 Å². The molecule has 1 heterocycles. The lowest BCUT2D eigenvalue weighted by Gasteiger charge is -2.59. The first kappa shape index (κ1) is 35.3. The molecule has 0 radical (unpaired) electrons. The van der Waals surface area contributed by atoms with E-state index in [1.807, 2.05) is 0 Å². The number of carbonyl (C=O) groups is 3. The minimum atomic E-state index is -5.08. The van der Waals surface area contributed by atoms with E-state index >= 15 is 0 Å². The number of Topliss-reactive ketones (excluding diaryl/α,β-unsaturated/α-hetero) is 1. The summed E-state index contributed by atoms with van der Waals surface area (Å²) in [6.07, 6.45) is -2.00. The van der Waals surface area contributed by atoms with Crippen LogP contribution in [-0.4, -0.2) is 76.9 Å². The van der Waals surface area contributed by atoms with Gasteiger partial charge >= 0.3 is 24.3 Å². The van der Waals surface area contributed by atoms with E-state index in [0.29, 0.717) is 35.7 Å². The summed E-state index contributed by atoms with van der Waals surface area (Å²) in [5.74, 6) is -3.89. The number of carbonyl (C=O) groups excluding carboxylic acids is 1. The summed E-state index contributed by atoms with van der Waals surface area (Å²) in [4.78, 5) is 32.1. The third kappa shape index (κ3) is 11.4. The molecular weight excluding hydrogens is 570 g/mol. The van der Waals surface area contributed by atoms with Gasteiger partial charge in [-0.15, -0.1) is 0 Å². The highest BCUT2D eigenvalue weighted by atomic mass is 19.4.